The lowest BCUT2D eigenvalue weighted by atomic mass is 10.2. The van der Waals surface area contributed by atoms with E-state index in [0.717, 1.165) is 4.47 Å². The molecule has 19 heavy (non-hydrogen) atoms. The van der Waals surface area contributed by atoms with Gasteiger partial charge < -0.3 is 14.5 Å². The van der Waals surface area contributed by atoms with Crippen molar-refractivity contribution in [3.05, 3.63) is 64.6 Å². The molecule has 2 aromatic carbocycles. The molecular formula is C13H10BrNO3P-. The maximum absolute atomic E-state index is 12.0. The van der Waals surface area contributed by atoms with Gasteiger partial charge in [0.25, 0.3) is 5.91 Å². The molecule has 1 amide bonds. The lowest BCUT2D eigenvalue weighted by Gasteiger charge is -2.24. The average molecular weight is 339 g/mol. The van der Waals surface area contributed by atoms with Gasteiger partial charge in [-0.15, -0.1) is 0 Å². The average Bonchev–Trinajstić information content (AvgIpc) is 2.40. The highest BCUT2D eigenvalue weighted by molar-refractivity contribution is 9.10. The summed E-state index contributed by atoms with van der Waals surface area (Å²) in [5.41, 5.74) is 0.287. The second-order valence-electron chi connectivity index (χ2n) is 3.83. The Morgan fingerprint density at radius 2 is 1.63 bits per heavy atom. The van der Waals surface area contributed by atoms with Crippen LogP contribution < -0.4 is 15.3 Å². The second kappa shape index (κ2) is 5.70. The predicted molar refractivity (Wildman–Crippen MR) is 75.3 cm³/mol. The van der Waals surface area contributed by atoms with E-state index >= 15 is 0 Å². The van der Waals surface area contributed by atoms with Crippen LogP contribution in [0.3, 0.4) is 0 Å². The molecule has 6 heteroatoms. The highest BCUT2D eigenvalue weighted by Gasteiger charge is 2.15. The van der Waals surface area contributed by atoms with E-state index in [0.29, 0.717) is 0 Å². The lowest BCUT2D eigenvalue weighted by Crippen LogP contribution is -2.32. The van der Waals surface area contributed by atoms with Gasteiger partial charge in [-0.1, -0.05) is 46.3 Å². The fraction of sp³-hybridized carbons (Fsp3) is 0. The van der Waals surface area contributed by atoms with Crippen molar-refractivity contribution in [2.75, 3.05) is 0 Å². The highest BCUT2D eigenvalue weighted by atomic mass is 79.9. The Kier molecular flexibility index (Phi) is 4.20. The largest absolute Gasteiger partial charge is 0.780 e. The van der Waals surface area contributed by atoms with Gasteiger partial charge in [0.15, 0.2) is 0 Å². The third-order valence-corrected chi connectivity index (χ3v) is 4.46. The molecule has 0 fully saturated rings. The molecule has 1 N–H and O–H groups in total. The Bertz CT molecular complexity index is 628. The van der Waals surface area contributed by atoms with Crippen molar-refractivity contribution < 1.29 is 14.3 Å². The summed E-state index contributed by atoms with van der Waals surface area (Å²) in [5.74, 6) is -0.644. The first kappa shape index (κ1) is 14.0. The molecule has 1 unspecified atom stereocenters. The number of carbonyl (C=O) groups excluding carboxylic acids is 1. The molecule has 0 aromatic heterocycles. The zero-order chi connectivity index (χ0) is 13.9. The van der Waals surface area contributed by atoms with Crippen LogP contribution >= 0.6 is 23.4 Å². The second-order valence-corrected chi connectivity index (χ2v) is 6.59. The van der Waals surface area contributed by atoms with Crippen LogP contribution in [0.2, 0.25) is 0 Å². The zero-order valence-electron chi connectivity index (χ0n) is 9.75. The Hall–Kier alpha value is -1.42. The number of benzene rings is 2. The minimum absolute atomic E-state index is 0.0838. The molecule has 0 saturated carbocycles. The first-order valence-corrected chi connectivity index (χ1v) is 7.86. The van der Waals surface area contributed by atoms with Gasteiger partial charge in [-0.25, -0.2) is 0 Å². The van der Waals surface area contributed by atoms with Gasteiger partial charge in [-0.05, 0) is 24.3 Å². The molecule has 0 heterocycles. The Morgan fingerprint density at radius 3 is 2.21 bits per heavy atom. The molecule has 0 bridgehead atoms. The number of nitrogens with one attached hydrogen (secondary N) is 1. The molecule has 0 saturated heterocycles. The van der Waals surface area contributed by atoms with Crippen LogP contribution in [0.4, 0.5) is 0 Å². The quantitative estimate of drug-likeness (QED) is 0.871. The van der Waals surface area contributed by atoms with Gasteiger partial charge in [-0.3, -0.25) is 4.79 Å². The van der Waals surface area contributed by atoms with Crippen LogP contribution in [0.25, 0.3) is 0 Å². The van der Waals surface area contributed by atoms with Gasteiger partial charge in [0.1, 0.15) is 7.52 Å². The van der Waals surface area contributed by atoms with Gasteiger partial charge >= 0.3 is 0 Å². The summed E-state index contributed by atoms with van der Waals surface area (Å²) in [4.78, 5) is 23.8. The SMILES string of the molecule is O=C(NP(=O)([O-])c1ccccc1)c1ccc(Br)cc1. The molecular weight excluding hydrogens is 329 g/mol. The molecule has 0 aliphatic heterocycles. The van der Waals surface area contributed by atoms with Crippen molar-refractivity contribution in [3.63, 3.8) is 0 Å². The first-order valence-electron chi connectivity index (χ1n) is 5.44. The molecule has 0 spiro atoms. The van der Waals surface area contributed by atoms with Gasteiger partial charge in [0, 0.05) is 15.3 Å². The molecule has 4 nitrogen and oxygen atoms in total. The smallest absolute Gasteiger partial charge is 0.256 e. The van der Waals surface area contributed by atoms with Crippen LogP contribution in [0.5, 0.6) is 0 Å². The van der Waals surface area contributed by atoms with Crippen LogP contribution in [-0.2, 0) is 4.57 Å². The van der Waals surface area contributed by atoms with Gasteiger partial charge in [0.2, 0.25) is 0 Å². The number of carbonyl (C=O) groups is 1. The lowest BCUT2D eigenvalue weighted by molar-refractivity contribution is -0.173. The summed E-state index contributed by atoms with van der Waals surface area (Å²) in [5, 5.41) is 2.14. The van der Waals surface area contributed by atoms with Crippen LogP contribution in [0.15, 0.2) is 59.1 Å². The van der Waals surface area contributed by atoms with Crippen LogP contribution in [0, 0.1) is 0 Å². The molecule has 0 aliphatic rings. The fourth-order valence-corrected chi connectivity index (χ4v) is 2.84. The minimum Gasteiger partial charge on any atom is -0.780 e. The monoisotopic (exact) mass is 338 g/mol. The van der Waals surface area contributed by atoms with E-state index in [1.165, 1.54) is 12.1 Å². The normalized spacial score (nSPS) is 13.6. The summed E-state index contributed by atoms with van der Waals surface area (Å²) < 4.78 is 12.8. The molecule has 2 rings (SSSR count). The van der Waals surface area contributed by atoms with E-state index in [4.69, 9.17) is 0 Å². The molecule has 98 valence electrons. The summed E-state index contributed by atoms with van der Waals surface area (Å²) in [6, 6.07) is 14.2. The van der Waals surface area contributed by atoms with E-state index in [9.17, 15) is 14.3 Å². The third-order valence-electron chi connectivity index (χ3n) is 2.45. The molecule has 0 aliphatic carbocycles. The van der Waals surface area contributed by atoms with Gasteiger partial charge in [-0.2, -0.15) is 0 Å². The van der Waals surface area contributed by atoms with Crippen molar-refractivity contribution >= 4 is 34.7 Å². The zero-order valence-corrected chi connectivity index (χ0v) is 12.2. The number of hydrogen-bond donors (Lipinski definition) is 1. The van der Waals surface area contributed by atoms with E-state index in [-0.39, 0.29) is 10.9 Å². The molecule has 1 atom stereocenters. The topological polar surface area (TPSA) is 69.2 Å². The first-order chi connectivity index (χ1) is 8.99. The summed E-state index contributed by atoms with van der Waals surface area (Å²) >= 11 is 3.24. The third kappa shape index (κ3) is 3.53. The summed E-state index contributed by atoms with van der Waals surface area (Å²) in [7, 11) is -4.14. The van der Waals surface area contributed by atoms with E-state index in [1.807, 2.05) is 0 Å². The van der Waals surface area contributed by atoms with E-state index in [1.54, 1.807) is 42.5 Å². The standard InChI is InChI=1S/C13H11BrNO3P/c14-11-8-6-10(7-9-11)13(16)15-19(17,18)12-4-2-1-3-5-12/h1-9H,(H2,15,16,17,18)/p-1. The number of amides is 1. The van der Waals surface area contributed by atoms with E-state index in [2.05, 4.69) is 21.0 Å². The minimum atomic E-state index is -4.14. The van der Waals surface area contributed by atoms with Crippen LogP contribution in [0.1, 0.15) is 10.4 Å². The Balaban J connectivity index is 2.19. The van der Waals surface area contributed by atoms with Crippen molar-refractivity contribution in [2.45, 2.75) is 0 Å². The van der Waals surface area contributed by atoms with E-state index < -0.39 is 13.4 Å². The van der Waals surface area contributed by atoms with Crippen molar-refractivity contribution in [2.24, 2.45) is 0 Å². The van der Waals surface area contributed by atoms with Crippen LogP contribution in [-0.4, -0.2) is 5.91 Å². The maximum atomic E-state index is 12.0. The number of halogens is 1. The highest BCUT2D eigenvalue weighted by Crippen LogP contribution is 2.29. The van der Waals surface area contributed by atoms with Gasteiger partial charge in [0.05, 0.1) is 0 Å². The fourth-order valence-electron chi connectivity index (χ4n) is 1.49. The predicted octanol–water partition coefficient (Wildman–Crippen LogP) is 2.06. The molecule has 2 aromatic rings. The number of rotatable bonds is 3. The Labute approximate surface area is 119 Å². The van der Waals surface area contributed by atoms with Crippen molar-refractivity contribution in [1.29, 1.82) is 0 Å². The summed E-state index contributed by atoms with van der Waals surface area (Å²) in [6.07, 6.45) is 0. The molecule has 0 radical (unpaired) electrons. The maximum Gasteiger partial charge on any atom is 0.256 e. The number of hydrogen-bond acceptors (Lipinski definition) is 3. The van der Waals surface area contributed by atoms with Crippen molar-refractivity contribution in [1.82, 2.24) is 5.09 Å². The Morgan fingerprint density at radius 1 is 1.05 bits per heavy atom. The summed E-state index contributed by atoms with van der Waals surface area (Å²) in [6.45, 7) is 0. The van der Waals surface area contributed by atoms with Crippen molar-refractivity contribution in [3.8, 4) is 0 Å².